The first-order valence-electron chi connectivity index (χ1n) is 0.996. The zero-order valence-corrected chi connectivity index (χ0v) is 5.07. The summed E-state index contributed by atoms with van der Waals surface area (Å²) in [5.41, 5.74) is 0. The molecule has 0 atom stereocenters. The van der Waals surface area contributed by atoms with Crippen molar-refractivity contribution < 1.29 is 31.3 Å². The van der Waals surface area contributed by atoms with Crippen molar-refractivity contribution in [2.24, 2.45) is 0 Å². The molecule has 0 aliphatic carbocycles. The topological polar surface area (TPSA) is 23.1 Å². The van der Waals surface area contributed by atoms with Crippen LogP contribution in [0.2, 0.25) is 0 Å². The number of hydrogen-bond donors (Lipinski definition) is 0. The van der Waals surface area contributed by atoms with Gasteiger partial charge in [0.1, 0.15) is 0 Å². The van der Waals surface area contributed by atoms with Crippen LogP contribution < -0.4 is 5.11 Å². The van der Waals surface area contributed by atoms with Gasteiger partial charge in [-0.15, -0.1) is 6.61 Å². The van der Waals surface area contributed by atoms with Gasteiger partial charge >= 0.3 is 26.2 Å². The summed E-state index contributed by atoms with van der Waals surface area (Å²) in [5, 5.41) is 8.93. The molecule has 0 radical (unpaired) electrons. The van der Waals surface area contributed by atoms with Crippen LogP contribution in [-0.4, -0.2) is 6.61 Å². The molecule has 4 heavy (non-hydrogen) atoms. The van der Waals surface area contributed by atoms with E-state index in [1.807, 2.05) is 0 Å². The zero-order chi connectivity index (χ0) is 2.71. The largest absolute Gasteiger partial charge is 4.00 e. The molecule has 0 unspecified atom stereocenters. The molecule has 0 spiro atoms. The second-order valence-corrected chi connectivity index (χ2v) is 0.289. The fraction of sp³-hybridized carbons (Fsp3) is 1.00. The van der Waals surface area contributed by atoms with Gasteiger partial charge in [0.25, 0.3) is 0 Å². The van der Waals surface area contributed by atoms with Crippen LogP contribution in [0, 0.1) is 0 Å². The molecule has 1 nitrogen and oxygen atoms in total. The summed E-state index contributed by atoms with van der Waals surface area (Å²) in [6, 6.07) is 0. The molecule has 20 valence electrons. The van der Waals surface area contributed by atoms with Gasteiger partial charge in [-0.3, -0.25) is 0 Å². The molecule has 0 N–H and O–H groups in total. The fourth-order valence-corrected chi connectivity index (χ4v) is 0. The molecule has 0 aromatic rings. The van der Waals surface area contributed by atoms with Gasteiger partial charge in [-0.05, 0) is 0 Å². The van der Waals surface area contributed by atoms with Crippen molar-refractivity contribution in [3.05, 3.63) is 0 Å². The van der Waals surface area contributed by atoms with E-state index in [0.717, 1.165) is 0 Å². The molecule has 0 fully saturated rings. The predicted octanol–water partition coefficient (Wildman–Crippen LogP) is -0.636. The van der Waals surface area contributed by atoms with Gasteiger partial charge in [-0.25, -0.2) is 0 Å². The van der Waals surface area contributed by atoms with E-state index >= 15 is 0 Å². The minimum Gasteiger partial charge on any atom is -0.855 e. The molecule has 0 amide bonds. The maximum atomic E-state index is 8.93. The third-order valence-corrected chi connectivity index (χ3v) is 0. The van der Waals surface area contributed by atoms with Gasteiger partial charge in [-0.1, -0.05) is 6.92 Å². The third kappa shape index (κ3) is 13.6. The summed E-state index contributed by atoms with van der Waals surface area (Å²) in [7, 11) is 0. The Morgan fingerprint density at radius 3 is 1.75 bits per heavy atom. The van der Waals surface area contributed by atoms with E-state index in [4.69, 9.17) is 5.11 Å². The molecule has 2 heteroatoms. The van der Waals surface area contributed by atoms with E-state index in [1.54, 1.807) is 6.92 Å². The van der Waals surface area contributed by atoms with Crippen LogP contribution in [0.5, 0.6) is 0 Å². The molecule has 0 saturated heterocycles. The Bertz CT molecular complexity index is 6.00. The van der Waals surface area contributed by atoms with Crippen LogP contribution in [0.15, 0.2) is 0 Å². The predicted molar refractivity (Wildman–Crippen MR) is 10.5 cm³/mol. The molecular weight excluding hydrogens is 131 g/mol. The Kier molecular flexibility index (Phi) is 20.2. The monoisotopic (exact) mass is 135 g/mol. The van der Waals surface area contributed by atoms with Crippen LogP contribution in [0.25, 0.3) is 0 Å². The van der Waals surface area contributed by atoms with Crippen molar-refractivity contribution in [3.8, 4) is 0 Å². The van der Waals surface area contributed by atoms with Crippen molar-refractivity contribution in [2.45, 2.75) is 6.92 Å². The molecule has 0 rings (SSSR count). The first-order chi connectivity index (χ1) is 1.41. The van der Waals surface area contributed by atoms with Crippen molar-refractivity contribution in [1.29, 1.82) is 0 Å². The van der Waals surface area contributed by atoms with Crippen LogP contribution in [0.3, 0.4) is 0 Å². The van der Waals surface area contributed by atoms with Crippen molar-refractivity contribution in [2.75, 3.05) is 6.61 Å². The fourth-order valence-electron chi connectivity index (χ4n) is 0. The van der Waals surface area contributed by atoms with E-state index in [1.165, 1.54) is 0 Å². The van der Waals surface area contributed by atoms with Crippen molar-refractivity contribution >= 4 is 0 Å². The van der Waals surface area contributed by atoms with Gasteiger partial charge in [0.2, 0.25) is 0 Å². The minimum atomic E-state index is 0. The van der Waals surface area contributed by atoms with Crippen LogP contribution >= 0.6 is 0 Å². The summed E-state index contributed by atoms with van der Waals surface area (Å²) < 4.78 is 0. The maximum Gasteiger partial charge on any atom is 4.00 e. The van der Waals surface area contributed by atoms with E-state index < -0.39 is 0 Å². The Morgan fingerprint density at radius 2 is 1.75 bits per heavy atom. The standard InChI is InChI=1S/C2H5O.Zr/c1-2-3;/h2H2,1H3;/q-1;+4. The SMILES string of the molecule is CC[O-].[Zr+4]. The summed E-state index contributed by atoms with van der Waals surface area (Å²) in [6.07, 6.45) is 0. The van der Waals surface area contributed by atoms with Crippen LogP contribution in [0.4, 0.5) is 0 Å². The first kappa shape index (κ1) is 8.85. The van der Waals surface area contributed by atoms with E-state index in [9.17, 15) is 0 Å². The molecule has 0 bridgehead atoms. The van der Waals surface area contributed by atoms with E-state index in [2.05, 4.69) is 0 Å². The molecular formula is C2H5OZr+3. The Hall–Kier alpha value is 0.843. The minimum absolute atomic E-state index is 0. The number of rotatable bonds is 0. The second kappa shape index (κ2) is 9.14. The van der Waals surface area contributed by atoms with Gasteiger partial charge in [0.05, 0.1) is 0 Å². The smallest absolute Gasteiger partial charge is 0.855 e. The Morgan fingerprint density at radius 1 is 1.75 bits per heavy atom. The third-order valence-electron chi connectivity index (χ3n) is 0. The van der Waals surface area contributed by atoms with Crippen molar-refractivity contribution in [3.63, 3.8) is 0 Å². The number of hydrogen-bond acceptors (Lipinski definition) is 1. The summed E-state index contributed by atoms with van der Waals surface area (Å²) >= 11 is 0. The van der Waals surface area contributed by atoms with Gasteiger partial charge in [0, 0.05) is 0 Å². The van der Waals surface area contributed by atoms with E-state index in [-0.39, 0.29) is 32.8 Å². The molecule has 0 aromatic carbocycles. The summed E-state index contributed by atoms with van der Waals surface area (Å²) in [6.45, 7) is 1.57. The Balaban J connectivity index is 0. The normalized spacial score (nSPS) is 4.50. The van der Waals surface area contributed by atoms with Gasteiger partial charge < -0.3 is 5.11 Å². The molecule has 0 aromatic heterocycles. The average molecular weight is 136 g/mol. The second-order valence-electron chi connectivity index (χ2n) is 0.289. The van der Waals surface area contributed by atoms with Gasteiger partial charge in [-0.2, -0.15) is 0 Å². The van der Waals surface area contributed by atoms with Crippen LogP contribution in [0.1, 0.15) is 6.92 Å². The maximum absolute atomic E-state index is 8.93. The molecule has 0 aliphatic rings. The average Bonchev–Trinajstić information content (AvgIpc) is 0.918. The summed E-state index contributed by atoms with van der Waals surface area (Å²) in [4.78, 5) is 0. The molecule has 0 heterocycles. The Labute approximate surface area is 45.1 Å². The molecule has 0 saturated carbocycles. The van der Waals surface area contributed by atoms with E-state index in [0.29, 0.717) is 0 Å². The summed E-state index contributed by atoms with van der Waals surface area (Å²) in [5.74, 6) is 0. The first-order valence-corrected chi connectivity index (χ1v) is 0.996. The molecule has 0 aliphatic heterocycles. The zero-order valence-electron chi connectivity index (χ0n) is 2.62. The van der Waals surface area contributed by atoms with Crippen LogP contribution in [-0.2, 0) is 26.2 Å². The van der Waals surface area contributed by atoms with Gasteiger partial charge in [0.15, 0.2) is 0 Å². The van der Waals surface area contributed by atoms with Crippen molar-refractivity contribution in [1.82, 2.24) is 0 Å². The quantitative estimate of drug-likeness (QED) is 0.434.